The summed E-state index contributed by atoms with van der Waals surface area (Å²) in [5, 5.41) is 0. The molecule has 0 saturated heterocycles. The minimum Gasteiger partial charge on any atom is -0.452 e. The largest absolute Gasteiger partial charge is 0.452 e. The molecule has 2 rings (SSSR count). The summed E-state index contributed by atoms with van der Waals surface area (Å²) in [6, 6.07) is 5.98. The molecule has 1 aliphatic heterocycles. The number of anilines is 1. The van der Waals surface area contributed by atoms with Crippen LogP contribution in [0.5, 0.6) is 0 Å². The van der Waals surface area contributed by atoms with Gasteiger partial charge in [-0.15, -0.1) is 4.31 Å². The van der Waals surface area contributed by atoms with Crippen LogP contribution in [-0.4, -0.2) is 31.8 Å². The maximum Gasteiger partial charge on any atom is 0.432 e. The molecule has 8 heteroatoms. The molecular formula is C9H8N2O5S. The molecule has 0 bridgehead atoms. The van der Waals surface area contributed by atoms with E-state index in [4.69, 9.17) is 0 Å². The van der Waals surface area contributed by atoms with Crippen molar-refractivity contribution in [1.29, 1.82) is 0 Å². The molecule has 0 saturated carbocycles. The first-order chi connectivity index (χ1) is 7.97. The lowest BCUT2D eigenvalue weighted by Crippen LogP contribution is -2.48. The van der Waals surface area contributed by atoms with Gasteiger partial charge in [0.25, 0.3) is 5.91 Å². The van der Waals surface area contributed by atoms with E-state index in [1.165, 1.54) is 12.1 Å². The van der Waals surface area contributed by atoms with Gasteiger partial charge in [-0.05, 0) is 12.1 Å². The van der Waals surface area contributed by atoms with Crippen molar-refractivity contribution in [2.75, 3.05) is 11.8 Å². The van der Waals surface area contributed by atoms with Gasteiger partial charge in [-0.2, -0.15) is 8.42 Å². The number of para-hydroxylation sites is 1. The van der Waals surface area contributed by atoms with Crippen LogP contribution in [0, 0.1) is 0 Å². The van der Waals surface area contributed by atoms with Gasteiger partial charge in [0.1, 0.15) is 0 Å². The van der Waals surface area contributed by atoms with Crippen LogP contribution in [0.3, 0.4) is 0 Å². The van der Waals surface area contributed by atoms with E-state index in [9.17, 15) is 18.0 Å². The minimum atomic E-state index is -4.24. The molecule has 1 aliphatic rings. The van der Waals surface area contributed by atoms with Crippen LogP contribution in [0.1, 0.15) is 10.4 Å². The summed E-state index contributed by atoms with van der Waals surface area (Å²) < 4.78 is 29.7. The Bertz CT molecular complexity index is 595. The molecule has 1 aromatic rings. The van der Waals surface area contributed by atoms with Gasteiger partial charge >= 0.3 is 16.3 Å². The third kappa shape index (κ3) is 1.72. The lowest BCUT2D eigenvalue weighted by Gasteiger charge is -2.25. The first-order valence-corrected chi connectivity index (χ1v) is 5.96. The number of fused-ring (bicyclic) bond motifs is 1. The molecule has 0 aromatic heterocycles. The van der Waals surface area contributed by atoms with Crippen molar-refractivity contribution in [2.24, 2.45) is 0 Å². The number of imide groups is 1. The Morgan fingerprint density at radius 3 is 2.65 bits per heavy atom. The molecule has 0 fully saturated rings. The van der Waals surface area contributed by atoms with Crippen molar-refractivity contribution in [2.45, 2.75) is 0 Å². The number of amides is 2. The van der Waals surface area contributed by atoms with E-state index in [2.05, 4.69) is 9.46 Å². The molecule has 0 radical (unpaired) electrons. The van der Waals surface area contributed by atoms with Crippen molar-refractivity contribution in [3.63, 3.8) is 0 Å². The summed E-state index contributed by atoms with van der Waals surface area (Å²) >= 11 is 0. The van der Waals surface area contributed by atoms with E-state index in [-0.39, 0.29) is 15.6 Å². The Hall–Kier alpha value is -2.09. The number of ether oxygens (including phenoxy) is 1. The standard InChI is InChI=1S/C9H8N2O5S/c1-16-9(13)11-8(12)6-4-2-3-5-7(6)10-17(11,14)15/h2-5,10H,1H3. The molecule has 2 amide bonds. The van der Waals surface area contributed by atoms with Crippen LogP contribution in [0.15, 0.2) is 24.3 Å². The number of nitrogens with one attached hydrogen (secondary N) is 1. The third-order valence-electron chi connectivity index (χ3n) is 2.16. The van der Waals surface area contributed by atoms with Gasteiger partial charge < -0.3 is 4.74 Å². The van der Waals surface area contributed by atoms with Crippen LogP contribution in [0.2, 0.25) is 0 Å². The fourth-order valence-corrected chi connectivity index (χ4v) is 2.56. The zero-order valence-electron chi connectivity index (χ0n) is 8.71. The van der Waals surface area contributed by atoms with Crippen molar-refractivity contribution in [1.82, 2.24) is 4.31 Å². The van der Waals surface area contributed by atoms with Gasteiger partial charge in [-0.3, -0.25) is 9.52 Å². The highest BCUT2D eigenvalue weighted by molar-refractivity contribution is 7.91. The molecule has 17 heavy (non-hydrogen) atoms. The van der Waals surface area contributed by atoms with Gasteiger partial charge in [0.05, 0.1) is 18.4 Å². The van der Waals surface area contributed by atoms with Gasteiger partial charge in [-0.25, -0.2) is 4.79 Å². The number of carbonyl (C=O) groups is 2. The highest BCUT2D eigenvalue weighted by Gasteiger charge is 2.40. The lowest BCUT2D eigenvalue weighted by molar-refractivity contribution is 0.0827. The summed E-state index contributed by atoms with van der Waals surface area (Å²) in [6.45, 7) is 0. The molecule has 7 nitrogen and oxygen atoms in total. The van der Waals surface area contributed by atoms with Gasteiger partial charge in [-0.1, -0.05) is 12.1 Å². The summed E-state index contributed by atoms with van der Waals surface area (Å²) in [4.78, 5) is 23.1. The fourth-order valence-electron chi connectivity index (χ4n) is 1.43. The number of carbonyl (C=O) groups excluding carboxylic acids is 2. The summed E-state index contributed by atoms with van der Waals surface area (Å²) in [5.41, 5.74) is 0.227. The Morgan fingerprint density at radius 2 is 2.00 bits per heavy atom. The molecule has 1 heterocycles. The Balaban J connectivity index is 2.59. The number of nitrogens with zero attached hydrogens (tertiary/aromatic N) is 1. The van der Waals surface area contributed by atoms with Gasteiger partial charge in [0.15, 0.2) is 0 Å². The molecule has 0 atom stereocenters. The molecule has 0 aliphatic carbocycles. The first kappa shape index (κ1) is 11.4. The van der Waals surface area contributed by atoms with Gasteiger partial charge in [0, 0.05) is 0 Å². The van der Waals surface area contributed by atoms with E-state index >= 15 is 0 Å². The normalized spacial score (nSPS) is 17.0. The Kier molecular flexibility index (Phi) is 2.50. The Labute approximate surface area is 97.2 Å². The van der Waals surface area contributed by atoms with E-state index in [1.807, 2.05) is 0 Å². The highest BCUT2D eigenvalue weighted by Crippen LogP contribution is 2.26. The van der Waals surface area contributed by atoms with E-state index in [0.717, 1.165) is 7.11 Å². The predicted molar refractivity (Wildman–Crippen MR) is 57.6 cm³/mol. The second kappa shape index (κ2) is 3.74. The molecule has 1 aromatic carbocycles. The maximum atomic E-state index is 11.8. The van der Waals surface area contributed by atoms with Crippen LogP contribution >= 0.6 is 0 Å². The van der Waals surface area contributed by atoms with Crippen LogP contribution < -0.4 is 4.72 Å². The number of hydrogen-bond donors (Lipinski definition) is 1. The second-order valence-corrected chi connectivity index (χ2v) is 4.71. The monoisotopic (exact) mass is 256 g/mol. The zero-order valence-corrected chi connectivity index (χ0v) is 9.52. The van der Waals surface area contributed by atoms with Crippen molar-refractivity contribution >= 4 is 27.9 Å². The smallest absolute Gasteiger partial charge is 0.432 e. The predicted octanol–water partition coefficient (Wildman–Crippen LogP) is 0.565. The number of benzene rings is 1. The SMILES string of the molecule is COC(=O)N1C(=O)c2ccccc2NS1(=O)=O. The maximum absolute atomic E-state index is 11.8. The minimum absolute atomic E-state index is 0.0509. The van der Waals surface area contributed by atoms with Crippen LogP contribution in [0.4, 0.5) is 10.5 Å². The molecule has 1 N–H and O–H groups in total. The third-order valence-corrected chi connectivity index (χ3v) is 3.44. The van der Waals surface area contributed by atoms with E-state index in [1.54, 1.807) is 12.1 Å². The molecule has 90 valence electrons. The fraction of sp³-hybridized carbons (Fsp3) is 0.111. The number of methoxy groups -OCH3 is 1. The van der Waals surface area contributed by atoms with Crippen molar-refractivity contribution < 1.29 is 22.7 Å². The average molecular weight is 256 g/mol. The van der Waals surface area contributed by atoms with Gasteiger partial charge in [0.2, 0.25) is 0 Å². The van der Waals surface area contributed by atoms with Crippen LogP contribution in [-0.2, 0) is 14.9 Å². The summed E-state index contributed by atoms with van der Waals surface area (Å²) in [6.07, 6.45) is -1.25. The van der Waals surface area contributed by atoms with E-state index < -0.39 is 22.2 Å². The first-order valence-electron chi connectivity index (χ1n) is 4.52. The molecular weight excluding hydrogens is 248 g/mol. The van der Waals surface area contributed by atoms with Crippen molar-refractivity contribution in [3.8, 4) is 0 Å². The second-order valence-electron chi connectivity index (χ2n) is 3.19. The average Bonchev–Trinajstić information content (AvgIpc) is 2.27. The quantitative estimate of drug-likeness (QED) is 0.732. The highest BCUT2D eigenvalue weighted by atomic mass is 32.2. The summed E-state index contributed by atoms with van der Waals surface area (Å²) in [5.74, 6) is -0.939. The summed E-state index contributed by atoms with van der Waals surface area (Å²) in [7, 11) is -3.25. The molecule has 0 spiro atoms. The zero-order chi connectivity index (χ0) is 12.6. The number of rotatable bonds is 0. The molecule has 0 unspecified atom stereocenters. The lowest BCUT2D eigenvalue weighted by atomic mass is 10.2. The van der Waals surface area contributed by atoms with Crippen LogP contribution in [0.25, 0.3) is 0 Å². The number of hydrogen-bond acceptors (Lipinski definition) is 5. The van der Waals surface area contributed by atoms with Crippen molar-refractivity contribution in [3.05, 3.63) is 29.8 Å². The van der Waals surface area contributed by atoms with E-state index in [0.29, 0.717) is 0 Å². The Morgan fingerprint density at radius 1 is 1.35 bits per heavy atom. The topological polar surface area (TPSA) is 92.8 Å².